The van der Waals surface area contributed by atoms with Gasteiger partial charge in [0.2, 0.25) is 10.0 Å². The van der Waals surface area contributed by atoms with Crippen molar-refractivity contribution in [1.29, 1.82) is 0 Å². The molecule has 6 heteroatoms. The Kier molecular flexibility index (Phi) is 4.54. The molecule has 0 aromatic rings. The first kappa shape index (κ1) is 13.4. The molecule has 0 heterocycles. The molecule has 0 fully saturated rings. The van der Waals surface area contributed by atoms with Gasteiger partial charge in [-0.15, -0.1) is 0 Å². The van der Waals surface area contributed by atoms with E-state index in [1.807, 2.05) is 0 Å². The third kappa shape index (κ3) is 3.63. The molecule has 0 saturated carbocycles. The zero-order valence-electron chi connectivity index (χ0n) is 8.70. The Hall–Kier alpha value is -0.620. The van der Waals surface area contributed by atoms with Gasteiger partial charge in [-0.1, -0.05) is 13.8 Å². The number of hydrogen-bond donors (Lipinski definition) is 2. The van der Waals surface area contributed by atoms with E-state index in [0.29, 0.717) is 6.42 Å². The molecule has 0 aromatic heterocycles. The van der Waals surface area contributed by atoms with Crippen LogP contribution in [-0.2, 0) is 14.8 Å². The Bertz CT molecular complexity index is 298. The van der Waals surface area contributed by atoms with Crippen LogP contribution in [0.4, 0.5) is 0 Å². The number of carboxylic acids is 1. The molecule has 0 radical (unpaired) electrons. The van der Waals surface area contributed by atoms with Crippen molar-refractivity contribution >= 4 is 16.0 Å². The summed E-state index contributed by atoms with van der Waals surface area (Å²) in [6, 6.07) is 0. The predicted octanol–water partition coefficient (Wildman–Crippen LogP) is 0.569. The molecule has 1 atom stereocenters. The highest BCUT2D eigenvalue weighted by molar-refractivity contribution is 7.89. The van der Waals surface area contributed by atoms with Crippen LogP contribution in [0.1, 0.15) is 33.6 Å². The highest BCUT2D eigenvalue weighted by Crippen LogP contribution is 2.11. The van der Waals surface area contributed by atoms with Gasteiger partial charge in [-0.3, -0.25) is 4.79 Å². The molecule has 0 rings (SSSR count). The first-order chi connectivity index (χ1) is 6.27. The SMILES string of the molecule is CCCS(=O)(=O)NC(C)(CC)C(=O)O. The fourth-order valence-electron chi connectivity index (χ4n) is 0.930. The summed E-state index contributed by atoms with van der Waals surface area (Å²) in [5.41, 5.74) is -1.39. The van der Waals surface area contributed by atoms with E-state index < -0.39 is 21.5 Å². The number of hydrogen-bond acceptors (Lipinski definition) is 3. The predicted molar refractivity (Wildman–Crippen MR) is 53.5 cm³/mol. The molecule has 5 nitrogen and oxygen atoms in total. The first-order valence-electron chi connectivity index (χ1n) is 4.52. The standard InChI is InChI=1S/C8H17NO4S/c1-4-6-14(12,13)9-8(3,5-2)7(10)11/h9H,4-6H2,1-3H3,(H,10,11). The Balaban J connectivity index is 4.71. The van der Waals surface area contributed by atoms with Crippen LogP contribution in [0.15, 0.2) is 0 Å². The van der Waals surface area contributed by atoms with Crippen molar-refractivity contribution in [2.75, 3.05) is 5.75 Å². The van der Waals surface area contributed by atoms with Gasteiger partial charge in [-0.2, -0.15) is 4.72 Å². The Morgan fingerprint density at radius 2 is 1.93 bits per heavy atom. The van der Waals surface area contributed by atoms with Crippen molar-refractivity contribution in [3.8, 4) is 0 Å². The van der Waals surface area contributed by atoms with Crippen LogP contribution < -0.4 is 4.72 Å². The minimum absolute atomic E-state index is 0.0458. The van der Waals surface area contributed by atoms with E-state index in [2.05, 4.69) is 4.72 Å². The van der Waals surface area contributed by atoms with Crippen LogP contribution in [-0.4, -0.2) is 30.8 Å². The summed E-state index contributed by atoms with van der Waals surface area (Å²) in [4.78, 5) is 10.8. The minimum atomic E-state index is -3.48. The fourth-order valence-corrected chi connectivity index (χ4v) is 2.49. The molecule has 84 valence electrons. The van der Waals surface area contributed by atoms with E-state index in [1.165, 1.54) is 6.92 Å². The van der Waals surface area contributed by atoms with Crippen molar-refractivity contribution in [1.82, 2.24) is 4.72 Å². The second-order valence-electron chi connectivity index (χ2n) is 3.41. The Labute approximate surface area is 84.6 Å². The smallest absolute Gasteiger partial charge is 0.324 e. The van der Waals surface area contributed by atoms with Gasteiger partial charge >= 0.3 is 5.97 Å². The molecule has 0 aliphatic heterocycles. The number of carbonyl (C=O) groups is 1. The van der Waals surface area contributed by atoms with Crippen molar-refractivity contribution in [2.24, 2.45) is 0 Å². The summed E-state index contributed by atoms with van der Waals surface area (Å²) in [6.07, 6.45) is 0.681. The topological polar surface area (TPSA) is 83.5 Å². The third-order valence-corrected chi connectivity index (χ3v) is 3.74. The minimum Gasteiger partial charge on any atom is -0.480 e. The van der Waals surface area contributed by atoms with E-state index in [9.17, 15) is 13.2 Å². The van der Waals surface area contributed by atoms with E-state index in [4.69, 9.17) is 5.11 Å². The van der Waals surface area contributed by atoms with E-state index in [0.717, 1.165) is 0 Å². The van der Waals surface area contributed by atoms with Crippen LogP contribution in [0, 0.1) is 0 Å². The number of carboxylic acid groups (broad SMARTS) is 1. The maximum absolute atomic E-state index is 11.3. The van der Waals surface area contributed by atoms with Gasteiger partial charge in [0.25, 0.3) is 0 Å². The van der Waals surface area contributed by atoms with Crippen LogP contribution in [0.5, 0.6) is 0 Å². The van der Waals surface area contributed by atoms with Gasteiger partial charge in [0.1, 0.15) is 5.54 Å². The number of sulfonamides is 1. The molecule has 2 N–H and O–H groups in total. The summed E-state index contributed by atoms with van der Waals surface area (Å²) in [5, 5.41) is 8.84. The van der Waals surface area contributed by atoms with Crippen LogP contribution in [0.2, 0.25) is 0 Å². The highest BCUT2D eigenvalue weighted by Gasteiger charge is 2.34. The summed E-state index contributed by atoms with van der Waals surface area (Å²) in [6.45, 7) is 4.72. The molecule has 0 saturated heterocycles. The van der Waals surface area contributed by atoms with E-state index >= 15 is 0 Å². The molecule has 1 unspecified atom stereocenters. The first-order valence-corrected chi connectivity index (χ1v) is 6.17. The Morgan fingerprint density at radius 3 is 2.21 bits per heavy atom. The van der Waals surface area contributed by atoms with E-state index in [1.54, 1.807) is 13.8 Å². The number of nitrogens with one attached hydrogen (secondary N) is 1. The molecule has 0 amide bonds. The monoisotopic (exact) mass is 223 g/mol. The quantitative estimate of drug-likeness (QED) is 0.689. The van der Waals surface area contributed by atoms with Crippen molar-refractivity contribution in [3.05, 3.63) is 0 Å². The van der Waals surface area contributed by atoms with Crippen LogP contribution in [0.25, 0.3) is 0 Å². The van der Waals surface area contributed by atoms with Gasteiger partial charge in [0.15, 0.2) is 0 Å². The normalized spacial score (nSPS) is 16.2. The van der Waals surface area contributed by atoms with Crippen LogP contribution in [0.3, 0.4) is 0 Å². The van der Waals surface area contributed by atoms with E-state index in [-0.39, 0.29) is 12.2 Å². The summed E-state index contributed by atoms with van der Waals surface area (Å²) < 4.78 is 24.9. The zero-order valence-corrected chi connectivity index (χ0v) is 9.52. The summed E-state index contributed by atoms with van der Waals surface area (Å²) in [7, 11) is -3.48. The average Bonchev–Trinajstić information content (AvgIpc) is 2.02. The zero-order chi connectivity index (χ0) is 11.4. The molecule has 0 bridgehead atoms. The number of rotatable bonds is 6. The lowest BCUT2D eigenvalue weighted by atomic mass is 10.0. The maximum Gasteiger partial charge on any atom is 0.324 e. The summed E-state index contributed by atoms with van der Waals surface area (Å²) in [5.74, 6) is -1.20. The lowest BCUT2D eigenvalue weighted by molar-refractivity contribution is -0.143. The molecular weight excluding hydrogens is 206 g/mol. The third-order valence-electron chi connectivity index (χ3n) is 2.03. The van der Waals surface area contributed by atoms with Gasteiger partial charge in [-0.25, -0.2) is 8.42 Å². The van der Waals surface area contributed by atoms with Crippen molar-refractivity contribution in [2.45, 2.75) is 39.2 Å². The van der Waals surface area contributed by atoms with Crippen molar-refractivity contribution < 1.29 is 18.3 Å². The average molecular weight is 223 g/mol. The Morgan fingerprint density at radius 1 is 1.43 bits per heavy atom. The number of aliphatic carboxylic acids is 1. The molecule has 0 aliphatic rings. The molecule has 0 spiro atoms. The van der Waals surface area contributed by atoms with Gasteiger partial charge in [0, 0.05) is 0 Å². The summed E-state index contributed by atoms with van der Waals surface area (Å²) >= 11 is 0. The lowest BCUT2D eigenvalue weighted by Gasteiger charge is -2.24. The molecular formula is C8H17NO4S. The maximum atomic E-state index is 11.3. The largest absolute Gasteiger partial charge is 0.480 e. The second-order valence-corrected chi connectivity index (χ2v) is 5.25. The van der Waals surface area contributed by atoms with Gasteiger partial charge < -0.3 is 5.11 Å². The van der Waals surface area contributed by atoms with Gasteiger partial charge in [0.05, 0.1) is 5.75 Å². The second kappa shape index (κ2) is 4.75. The molecule has 0 aromatic carbocycles. The molecule has 14 heavy (non-hydrogen) atoms. The lowest BCUT2D eigenvalue weighted by Crippen LogP contribution is -2.52. The van der Waals surface area contributed by atoms with Crippen molar-refractivity contribution in [3.63, 3.8) is 0 Å². The fraction of sp³-hybridized carbons (Fsp3) is 0.875. The van der Waals surface area contributed by atoms with Crippen LogP contribution >= 0.6 is 0 Å². The van der Waals surface area contributed by atoms with Gasteiger partial charge in [-0.05, 0) is 19.8 Å². The molecule has 0 aliphatic carbocycles. The highest BCUT2D eigenvalue weighted by atomic mass is 32.2.